The number of thioether (sulfide) groups is 1. The van der Waals surface area contributed by atoms with E-state index >= 15 is 0 Å². The molecule has 1 N–H and O–H groups in total. The van der Waals surface area contributed by atoms with Gasteiger partial charge in [0.25, 0.3) is 0 Å². The molecular formula is C31H36ClF4N5O3S. The van der Waals surface area contributed by atoms with Gasteiger partial charge in [-0.15, -0.1) is 11.8 Å². The van der Waals surface area contributed by atoms with Crippen molar-refractivity contribution in [1.82, 2.24) is 14.7 Å². The molecule has 0 bridgehead atoms. The lowest BCUT2D eigenvalue weighted by molar-refractivity contribution is -0.137. The van der Waals surface area contributed by atoms with E-state index in [9.17, 15) is 27.5 Å². The van der Waals surface area contributed by atoms with Gasteiger partial charge in [-0.25, -0.2) is 9.38 Å². The minimum atomic E-state index is -4.79. The molecule has 244 valence electrons. The number of hydrogen-bond acceptors (Lipinski definition) is 8. The number of aliphatic hydroxyl groups excluding tert-OH is 1. The molecule has 1 unspecified atom stereocenters. The number of rotatable bonds is 6. The van der Waals surface area contributed by atoms with Gasteiger partial charge < -0.3 is 29.4 Å². The average molecular weight is 670 g/mol. The molecule has 2 aromatic rings. The van der Waals surface area contributed by atoms with Gasteiger partial charge in [-0.1, -0.05) is 24.2 Å². The zero-order valence-corrected chi connectivity index (χ0v) is 27.0. The van der Waals surface area contributed by atoms with Crippen LogP contribution in [-0.4, -0.2) is 109 Å². The summed E-state index contributed by atoms with van der Waals surface area (Å²) in [5.41, 5.74) is -0.371. The summed E-state index contributed by atoms with van der Waals surface area (Å²) in [6.07, 6.45) is -5.40. The lowest BCUT2D eigenvalue weighted by Crippen LogP contribution is -2.60. The van der Waals surface area contributed by atoms with Crippen molar-refractivity contribution in [3.63, 3.8) is 0 Å². The van der Waals surface area contributed by atoms with Gasteiger partial charge in [0.1, 0.15) is 11.7 Å². The van der Waals surface area contributed by atoms with Gasteiger partial charge in [0, 0.05) is 60.0 Å². The normalized spacial score (nSPS) is 23.5. The van der Waals surface area contributed by atoms with Crippen LogP contribution in [0.15, 0.2) is 46.8 Å². The first-order valence-corrected chi connectivity index (χ1v) is 15.9. The predicted molar refractivity (Wildman–Crippen MR) is 168 cm³/mol. The van der Waals surface area contributed by atoms with Gasteiger partial charge in [0.15, 0.2) is 0 Å². The third-order valence-electron chi connectivity index (χ3n) is 8.17. The summed E-state index contributed by atoms with van der Waals surface area (Å²) in [6, 6.07) is 3.98. The summed E-state index contributed by atoms with van der Waals surface area (Å²) >= 11 is 7.27. The molecule has 0 saturated carbocycles. The van der Waals surface area contributed by atoms with Crippen molar-refractivity contribution < 1.29 is 32.2 Å². The number of ether oxygens (including phenoxy) is 1. The van der Waals surface area contributed by atoms with Crippen LogP contribution in [0.2, 0.25) is 5.02 Å². The summed E-state index contributed by atoms with van der Waals surface area (Å²) in [6.45, 7) is 9.06. The lowest BCUT2D eigenvalue weighted by Gasteiger charge is -2.47. The maximum absolute atomic E-state index is 15.0. The van der Waals surface area contributed by atoms with Crippen molar-refractivity contribution in [1.29, 1.82) is 0 Å². The van der Waals surface area contributed by atoms with Gasteiger partial charge >= 0.3 is 6.18 Å². The Hall–Kier alpha value is -2.84. The second-order valence-electron chi connectivity index (χ2n) is 11.8. The van der Waals surface area contributed by atoms with Gasteiger partial charge in [0.2, 0.25) is 12.3 Å². The number of piperazine rings is 1. The summed E-state index contributed by atoms with van der Waals surface area (Å²) in [4.78, 5) is 24.4. The molecule has 0 aliphatic carbocycles. The van der Waals surface area contributed by atoms with Gasteiger partial charge in [-0.05, 0) is 57.8 Å². The largest absolute Gasteiger partial charge is 0.417 e. The van der Waals surface area contributed by atoms with Crippen LogP contribution in [-0.2, 0) is 15.7 Å². The van der Waals surface area contributed by atoms with Crippen molar-refractivity contribution in [3.05, 3.63) is 58.9 Å². The van der Waals surface area contributed by atoms with Crippen LogP contribution in [0.1, 0.15) is 25.0 Å². The molecule has 8 nitrogen and oxygen atoms in total. The van der Waals surface area contributed by atoms with Crippen LogP contribution in [0, 0.1) is 5.82 Å². The van der Waals surface area contributed by atoms with Gasteiger partial charge in [-0.3, -0.25) is 4.79 Å². The zero-order chi connectivity index (χ0) is 32.8. The fourth-order valence-electron chi connectivity index (χ4n) is 6.19. The van der Waals surface area contributed by atoms with Gasteiger partial charge in [0.05, 0.1) is 29.0 Å². The number of nitrogens with zero attached hydrogens (tertiary/aromatic N) is 5. The van der Waals surface area contributed by atoms with E-state index in [1.54, 1.807) is 9.80 Å². The molecule has 14 heteroatoms. The fraction of sp³-hybridized carbons (Fsp3) is 0.484. The van der Waals surface area contributed by atoms with Crippen molar-refractivity contribution in [2.75, 3.05) is 57.5 Å². The molecule has 0 radical (unpaired) electrons. The van der Waals surface area contributed by atoms with Gasteiger partial charge in [-0.2, -0.15) is 13.2 Å². The quantitative estimate of drug-likeness (QED) is 0.336. The highest BCUT2D eigenvalue weighted by Crippen LogP contribution is 2.51. The van der Waals surface area contributed by atoms with E-state index in [-0.39, 0.29) is 70.1 Å². The second-order valence-corrected chi connectivity index (χ2v) is 13.2. The number of anilines is 1. The zero-order valence-electron chi connectivity index (χ0n) is 25.4. The maximum Gasteiger partial charge on any atom is 0.417 e. The van der Waals surface area contributed by atoms with Crippen molar-refractivity contribution in [3.8, 4) is 11.1 Å². The van der Waals surface area contributed by atoms with E-state index in [1.807, 2.05) is 37.7 Å². The van der Waals surface area contributed by atoms with Crippen LogP contribution < -0.4 is 4.90 Å². The molecule has 5 rings (SSSR count). The standard InChI is InChI=1S/C31H36ClF4N5O3S/c1-6-25(42)41-17(2)13-39(14-18(41)3)29-21-12-22(31(34,35)36)26(19-7-8-24(33)23(32)11-19)28-27(21)40(30(43)37-29)15-20(16-45-28)44-10-9-38(4)5/h6-8,11-12,17-18,20,30,43H,1,9-10,13-16H2,2-5H3/t17-,18+,20-,30?/m0/s1. The number of benzene rings is 2. The molecule has 2 aromatic carbocycles. The molecule has 1 saturated heterocycles. The number of hydrogen-bond donors (Lipinski definition) is 1. The number of likely N-dealkylation sites (N-methyl/N-ethyl adjacent to an activating group) is 1. The number of halogens is 5. The number of amides is 1. The minimum absolute atomic E-state index is 0.100. The Bertz CT molecular complexity index is 1490. The molecular weight excluding hydrogens is 634 g/mol. The first-order valence-electron chi connectivity index (χ1n) is 14.6. The van der Waals surface area contributed by atoms with Crippen LogP contribution in [0.4, 0.5) is 23.2 Å². The molecule has 3 heterocycles. The molecule has 45 heavy (non-hydrogen) atoms. The Morgan fingerprint density at radius 3 is 2.51 bits per heavy atom. The number of aliphatic hydroxyl groups is 1. The smallest absolute Gasteiger partial charge is 0.374 e. The Morgan fingerprint density at radius 1 is 1.22 bits per heavy atom. The molecule has 1 amide bonds. The summed E-state index contributed by atoms with van der Waals surface area (Å²) in [5.74, 6) is -0.471. The summed E-state index contributed by atoms with van der Waals surface area (Å²) in [5, 5.41) is 11.2. The second kappa shape index (κ2) is 13.1. The summed E-state index contributed by atoms with van der Waals surface area (Å²) < 4.78 is 65.2. The van der Waals surface area contributed by atoms with E-state index in [0.717, 1.165) is 12.1 Å². The van der Waals surface area contributed by atoms with Crippen molar-refractivity contribution in [2.24, 2.45) is 4.99 Å². The fourth-order valence-corrected chi connectivity index (χ4v) is 7.66. The van der Waals surface area contributed by atoms with Crippen LogP contribution in [0.25, 0.3) is 11.1 Å². The Kier molecular flexibility index (Phi) is 9.77. The topological polar surface area (TPSA) is 71.8 Å². The number of aliphatic imine (C=N–C) groups is 1. The number of amidine groups is 1. The van der Waals surface area contributed by atoms with Crippen molar-refractivity contribution >= 4 is 40.8 Å². The highest BCUT2D eigenvalue weighted by molar-refractivity contribution is 7.99. The van der Waals surface area contributed by atoms with E-state index in [1.165, 1.54) is 30.0 Å². The number of carbonyl (C=O) groups excluding carboxylic acids is 1. The Balaban J connectivity index is 1.68. The van der Waals surface area contributed by atoms with E-state index in [2.05, 4.69) is 11.6 Å². The molecule has 3 aliphatic rings. The minimum Gasteiger partial charge on any atom is -0.374 e. The molecule has 4 atom stereocenters. The monoisotopic (exact) mass is 669 g/mol. The van der Waals surface area contributed by atoms with E-state index in [0.29, 0.717) is 24.6 Å². The predicted octanol–water partition coefficient (Wildman–Crippen LogP) is 5.17. The molecule has 3 aliphatic heterocycles. The number of alkyl halides is 3. The lowest BCUT2D eigenvalue weighted by atomic mass is 9.93. The highest BCUT2D eigenvalue weighted by atomic mass is 35.5. The maximum atomic E-state index is 15.0. The molecule has 0 aromatic heterocycles. The summed E-state index contributed by atoms with van der Waals surface area (Å²) in [7, 11) is 3.82. The first kappa shape index (κ1) is 33.5. The van der Waals surface area contributed by atoms with Crippen LogP contribution in [0.5, 0.6) is 0 Å². The Labute approximate surface area is 269 Å². The van der Waals surface area contributed by atoms with Crippen molar-refractivity contribution in [2.45, 2.75) is 49.5 Å². The first-order chi connectivity index (χ1) is 21.2. The number of carbonyl (C=O) groups is 1. The SMILES string of the molecule is C=CC(=O)N1[C@H](C)CN(C2=NC(O)N3C[C@H](OCCN(C)C)CSc4c(-c5ccc(F)c(Cl)c5)c(C(F)(F)F)cc2c43)C[C@@H]1C. The van der Waals surface area contributed by atoms with E-state index in [4.69, 9.17) is 16.3 Å². The Morgan fingerprint density at radius 2 is 1.91 bits per heavy atom. The van der Waals surface area contributed by atoms with E-state index < -0.39 is 30.0 Å². The molecule has 1 fully saturated rings. The average Bonchev–Trinajstić information content (AvgIpc) is 3.15. The third-order valence-corrected chi connectivity index (χ3v) is 9.68. The van der Waals surface area contributed by atoms with Crippen LogP contribution >= 0.6 is 23.4 Å². The molecule has 0 spiro atoms. The highest BCUT2D eigenvalue weighted by Gasteiger charge is 2.44. The van der Waals surface area contributed by atoms with Crippen LogP contribution in [0.3, 0.4) is 0 Å². The third kappa shape index (κ3) is 6.69.